The molecular formula is C25H26ClN3O3S. The van der Waals surface area contributed by atoms with Crippen molar-refractivity contribution in [2.75, 3.05) is 7.05 Å². The van der Waals surface area contributed by atoms with Crippen LogP contribution in [0.5, 0.6) is 5.75 Å². The Morgan fingerprint density at radius 2 is 1.94 bits per heavy atom. The third kappa shape index (κ3) is 6.29. The molecule has 0 saturated carbocycles. The topological polar surface area (TPSA) is 91.3 Å². The van der Waals surface area contributed by atoms with Crippen LogP contribution in [-0.4, -0.2) is 36.9 Å². The van der Waals surface area contributed by atoms with Gasteiger partial charge in [0.2, 0.25) is 5.91 Å². The molecule has 0 bridgehead atoms. The predicted octanol–water partition coefficient (Wildman–Crippen LogP) is 4.69. The minimum absolute atomic E-state index is 0.0309. The van der Waals surface area contributed by atoms with E-state index >= 15 is 0 Å². The number of amides is 2. The molecule has 0 aromatic heterocycles. The van der Waals surface area contributed by atoms with Crippen molar-refractivity contribution in [3.63, 3.8) is 0 Å². The van der Waals surface area contributed by atoms with Gasteiger partial charge in [0.1, 0.15) is 11.8 Å². The molecule has 2 aromatic carbocycles. The average molecular weight is 484 g/mol. The Morgan fingerprint density at radius 3 is 2.55 bits per heavy atom. The largest absolute Gasteiger partial charge is 0.489 e. The van der Waals surface area contributed by atoms with Crippen LogP contribution in [0, 0.1) is 5.41 Å². The Morgan fingerprint density at radius 1 is 1.21 bits per heavy atom. The standard InChI is InChI=1S/C25H26ClN3O3S/c1-15(2)32-22-9-8-18(13-20(22)26)24(30)29-21(25(31)28-3)12-16-4-6-17(7-5-16)19-10-11-33-23(19)14-27/h4-11,13,15,19,21,27H,12H2,1-3H3,(H,28,31)(H,29,30). The highest BCUT2D eigenvalue weighted by molar-refractivity contribution is 8.06. The van der Waals surface area contributed by atoms with E-state index in [2.05, 4.69) is 16.5 Å². The Labute approximate surface area is 202 Å². The molecule has 0 aliphatic carbocycles. The Balaban J connectivity index is 1.72. The zero-order valence-electron chi connectivity index (χ0n) is 18.6. The first kappa shape index (κ1) is 24.6. The molecule has 0 fully saturated rings. The molecule has 2 amide bonds. The van der Waals surface area contributed by atoms with Crippen LogP contribution in [0.4, 0.5) is 0 Å². The fraction of sp³-hybridized carbons (Fsp3) is 0.280. The number of hydrogen-bond acceptors (Lipinski definition) is 5. The second-order valence-corrected chi connectivity index (χ2v) is 9.17. The van der Waals surface area contributed by atoms with Crippen molar-refractivity contribution in [3.8, 4) is 5.75 Å². The second kappa shape index (κ2) is 11.2. The number of ether oxygens (including phenoxy) is 1. The van der Waals surface area contributed by atoms with Gasteiger partial charge in [0.25, 0.3) is 5.91 Å². The molecular weight excluding hydrogens is 458 g/mol. The van der Waals surface area contributed by atoms with E-state index in [1.54, 1.807) is 12.1 Å². The van der Waals surface area contributed by atoms with Gasteiger partial charge >= 0.3 is 0 Å². The molecule has 172 valence electrons. The van der Waals surface area contributed by atoms with Gasteiger partial charge in [-0.2, -0.15) is 0 Å². The number of rotatable bonds is 8. The molecule has 2 unspecified atom stereocenters. The van der Waals surface area contributed by atoms with Crippen molar-refractivity contribution in [2.45, 2.75) is 38.3 Å². The summed E-state index contributed by atoms with van der Waals surface area (Å²) in [6, 6.07) is 11.9. The molecule has 1 heterocycles. The molecule has 0 radical (unpaired) electrons. The van der Waals surface area contributed by atoms with Gasteiger partial charge < -0.3 is 15.4 Å². The summed E-state index contributed by atoms with van der Waals surface area (Å²) >= 11 is 7.75. The summed E-state index contributed by atoms with van der Waals surface area (Å²) in [5.41, 5.74) is 2.30. The lowest BCUT2D eigenvalue weighted by Gasteiger charge is -2.18. The van der Waals surface area contributed by atoms with Crippen LogP contribution < -0.4 is 15.4 Å². The van der Waals surface area contributed by atoms with Crippen molar-refractivity contribution < 1.29 is 14.3 Å². The number of benzene rings is 2. The summed E-state index contributed by atoms with van der Waals surface area (Å²) in [7, 11) is 1.54. The summed E-state index contributed by atoms with van der Waals surface area (Å²) < 4.78 is 5.61. The van der Waals surface area contributed by atoms with E-state index in [1.807, 2.05) is 49.6 Å². The summed E-state index contributed by atoms with van der Waals surface area (Å²) in [4.78, 5) is 26.1. The van der Waals surface area contributed by atoms with Crippen LogP contribution in [0.15, 0.2) is 58.9 Å². The van der Waals surface area contributed by atoms with Gasteiger partial charge in [-0.1, -0.05) is 53.7 Å². The third-order valence-electron chi connectivity index (χ3n) is 5.08. The van der Waals surface area contributed by atoms with Crippen LogP contribution >= 0.6 is 23.4 Å². The molecule has 33 heavy (non-hydrogen) atoms. The maximum atomic E-state index is 12.8. The Bertz CT molecular complexity index is 1110. The highest BCUT2D eigenvalue weighted by Crippen LogP contribution is 2.38. The lowest BCUT2D eigenvalue weighted by atomic mass is 9.96. The maximum absolute atomic E-state index is 12.8. The van der Waals surface area contributed by atoms with Crippen molar-refractivity contribution in [1.82, 2.24) is 10.6 Å². The van der Waals surface area contributed by atoms with E-state index in [0.29, 0.717) is 22.8 Å². The molecule has 8 heteroatoms. The fourth-order valence-corrected chi connectivity index (χ4v) is 4.46. The average Bonchev–Trinajstić information content (AvgIpc) is 3.28. The summed E-state index contributed by atoms with van der Waals surface area (Å²) in [5.74, 6) is 2.33. The first-order valence-corrected chi connectivity index (χ1v) is 11.8. The fourth-order valence-electron chi connectivity index (χ4n) is 3.43. The van der Waals surface area contributed by atoms with Gasteiger partial charge in [-0.15, -0.1) is 0 Å². The predicted molar refractivity (Wildman–Crippen MR) is 133 cm³/mol. The van der Waals surface area contributed by atoms with Crippen LogP contribution in [-0.2, 0) is 11.2 Å². The SMILES string of the molecule is CNC(=O)C(Cc1ccc(C2C=CSC2=C=N)cc1)NC(=O)c1ccc(OC(C)C)c(Cl)c1. The second-order valence-electron chi connectivity index (χ2n) is 7.81. The van der Waals surface area contributed by atoms with Gasteiger partial charge in [-0.3, -0.25) is 15.0 Å². The van der Waals surface area contributed by atoms with Gasteiger partial charge in [-0.05, 0) is 54.5 Å². The molecule has 3 rings (SSSR count). The quantitative estimate of drug-likeness (QED) is 0.475. The number of halogens is 1. The molecule has 1 aliphatic heterocycles. The molecule has 2 atom stereocenters. The van der Waals surface area contributed by atoms with Crippen molar-refractivity contribution >= 4 is 41.0 Å². The number of hydrogen-bond donors (Lipinski definition) is 3. The zero-order valence-corrected chi connectivity index (χ0v) is 20.2. The minimum Gasteiger partial charge on any atom is -0.489 e. The molecule has 6 nitrogen and oxygen atoms in total. The van der Waals surface area contributed by atoms with Gasteiger partial charge in [-0.25, -0.2) is 0 Å². The maximum Gasteiger partial charge on any atom is 0.251 e. The Hall–Kier alpha value is -2.99. The minimum atomic E-state index is -0.752. The van der Waals surface area contributed by atoms with E-state index in [0.717, 1.165) is 16.0 Å². The number of nitrogens with one attached hydrogen (secondary N) is 3. The highest BCUT2D eigenvalue weighted by atomic mass is 35.5. The van der Waals surface area contributed by atoms with Crippen LogP contribution in [0.3, 0.4) is 0 Å². The van der Waals surface area contributed by atoms with E-state index < -0.39 is 11.9 Å². The molecule has 0 saturated heterocycles. The molecule has 2 aromatic rings. The van der Waals surface area contributed by atoms with Crippen molar-refractivity contribution in [3.05, 3.63) is 80.6 Å². The number of likely N-dealkylation sites (N-methyl/N-ethyl adjacent to an activating group) is 1. The third-order valence-corrected chi connectivity index (χ3v) is 6.27. The van der Waals surface area contributed by atoms with Crippen LogP contribution in [0.1, 0.15) is 41.3 Å². The smallest absolute Gasteiger partial charge is 0.251 e. The Kier molecular flexibility index (Phi) is 8.39. The lowest BCUT2D eigenvalue weighted by Crippen LogP contribution is -2.47. The molecule has 1 aliphatic rings. The van der Waals surface area contributed by atoms with Gasteiger partial charge in [0, 0.05) is 24.9 Å². The van der Waals surface area contributed by atoms with E-state index in [4.69, 9.17) is 21.7 Å². The van der Waals surface area contributed by atoms with Gasteiger partial charge in [0.15, 0.2) is 0 Å². The van der Waals surface area contributed by atoms with Crippen LogP contribution in [0.25, 0.3) is 0 Å². The van der Waals surface area contributed by atoms with Crippen LogP contribution in [0.2, 0.25) is 5.02 Å². The summed E-state index contributed by atoms with van der Waals surface area (Å²) in [6.07, 6.45) is 2.32. The number of thioether (sulfide) groups is 1. The summed E-state index contributed by atoms with van der Waals surface area (Å²) in [6.45, 7) is 3.79. The summed E-state index contributed by atoms with van der Waals surface area (Å²) in [5, 5.41) is 15.1. The monoisotopic (exact) mass is 483 g/mol. The number of carbonyl (C=O) groups excluding carboxylic acids is 2. The van der Waals surface area contributed by atoms with E-state index in [1.165, 1.54) is 24.9 Å². The van der Waals surface area contributed by atoms with Gasteiger partial charge in [0.05, 0.1) is 16.0 Å². The highest BCUT2D eigenvalue weighted by Gasteiger charge is 2.23. The number of allylic oxidation sites excluding steroid dienone is 2. The molecule has 0 spiro atoms. The lowest BCUT2D eigenvalue weighted by molar-refractivity contribution is -0.122. The molecule has 3 N–H and O–H groups in total. The van der Waals surface area contributed by atoms with Crippen molar-refractivity contribution in [1.29, 1.82) is 5.41 Å². The normalized spacial score (nSPS) is 15.8. The number of carbonyl (C=O) groups is 2. The first-order chi connectivity index (χ1) is 15.8. The first-order valence-electron chi connectivity index (χ1n) is 10.5. The van der Waals surface area contributed by atoms with Crippen molar-refractivity contribution in [2.24, 2.45) is 0 Å². The zero-order chi connectivity index (χ0) is 24.0. The van der Waals surface area contributed by atoms with E-state index in [9.17, 15) is 9.59 Å². The van der Waals surface area contributed by atoms with E-state index in [-0.39, 0.29) is 17.9 Å².